The second-order valence-corrected chi connectivity index (χ2v) is 8.89. The van der Waals surface area contributed by atoms with Crippen LogP contribution < -0.4 is 10.1 Å². The van der Waals surface area contributed by atoms with Crippen LogP contribution >= 0.6 is 0 Å². The van der Waals surface area contributed by atoms with Gasteiger partial charge in [-0.15, -0.1) is 10.2 Å². The molecule has 2 aliphatic rings. The molecule has 0 spiro atoms. The molecule has 0 bridgehead atoms. The average Bonchev–Trinajstić information content (AvgIpc) is 2.96. The maximum atomic E-state index is 13.2. The van der Waals surface area contributed by atoms with Crippen LogP contribution in [0.2, 0.25) is 0 Å². The van der Waals surface area contributed by atoms with Crippen LogP contribution in [0.1, 0.15) is 30.4 Å². The van der Waals surface area contributed by atoms with Crippen molar-refractivity contribution in [2.45, 2.75) is 36.6 Å². The number of piperidine rings is 1. The van der Waals surface area contributed by atoms with Gasteiger partial charge in [0.25, 0.3) is 0 Å². The molecular weight excluding hydrogens is 366 g/mol. The van der Waals surface area contributed by atoms with Gasteiger partial charge in [-0.1, -0.05) is 12.1 Å². The van der Waals surface area contributed by atoms with E-state index in [0.29, 0.717) is 18.8 Å². The molecule has 1 aromatic carbocycles. The lowest BCUT2D eigenvalue weighted by Crippen LogP contribution is -2.40. The summed E-state index contributed by atoms with van der Waals surface area (Å²) in [4.78, 5) is 0.220. The van der Waals surface area contributed by atoms with Crippen molar-refractivity contribution in [3.63, 3.8) is 0 Å². The number of rotatable bonds is 4. The third kappa shape index (κ3) is 3.46. The number of sulfonamides is 1. The molecule has 2 aromatic rings. The highest BCUT2D eigenvalue weighted by Gasteiger charge is 2.34. The summed E-state index contributed by atoms with van der Waals surface area (Å²) in [6.45, 7) is 3.55. The number of hydrogen-bond acceptors (Lipinski definition) is 6. The van der Waals surface area contributed by atoms with Gasteiger partial charge < -0.3 is 14.6 Å². The van der Waals surface area contributed by atoms with Crippen LogP contribution in [-0.4, -0.2) is 60.8 Å². The molecule has 0 saturated carbocycles. The van der Waals surface area contributed by atoms with Crippen LogP contribution in [0.25, 0.3) is 0 Å². The molecule has 0 aliphatic carbocycles. The van der Waals surface area contributed by atoms with Crippen molar-refractivity contribution in [2.24, 2.45) is 0 Å². The third-order valence-corrected chi connectivity index (χ3v) is 7.23. The van der Waals surface area contributed by atoms with Crippen LogP contribution in [0.15, 0.2) is 29.2 Å². The Balaban J connectivity index is 1.61. The van der Waals surface area contributed by atoms with E-state index in [1.54, 1.807) is 28.6 Å². The zero-order valence-electron chi connectivity index (χ0n) is 15.5. The summed E-state index contributed by atoms with van der Waals surface area (Å²) >= 11 is 0. The molecule has 1 N–H and O–H groups in total. The summed E-state index contributed by atoms with van der Waals surface area (Å²) in [6, 6.07) is 6.78. The fourth-order valence-corrected chi connectivity index (χ4v) is 5.62. The van der Waals surface area contributed by atoms with Crippen LogP contribution in [0, 0.1) is 0 Å². The Kier molecular flexibility index (Phi) is 5.16. The first-order valence-corrected chi connectivity index (χ1v) is 10.8. The molecule has 0 amide bonds. The molecule has 2 aliphatic heterocycles. The van der Waals surface area contributed by atoms with Crippen molar-refractivity contribution in [1.29, 1.82) is 0 Å². The summed E-state index contributed by atoms with van der Waals surface area (Å²) in [7, 11) is -2.13. The van der Waals surface area contributed by atoms with Gasteiger partial charge in [0.05, 0.1) is 7.11 Å². The topological polar surface area (TPSA) is 89.4 Å². The highest BCUT2D eigenvalue weighted by atomic mass is 32.2. The molecule has 9 heteroatoms. The van der Waals surface area contributed by atoms with Gasteiger partial charge in [-0.05, 0) is 25.0 Å². The van der Waals surface area contributed by atoms with Crippen LogP contribution in [0.5, 0.6) is 5.75 Å². The Hall–Kier alpha value is -1.97. The molecule has 146 valence electrons. The second kappa shape index (κ2) is 7.57. The van der Waals surface area contributed by atoms with E-state index in [1.165, 1.54) is 7.11 Å². The van der Waals surface area contributed by atoms with Gasteiger partial charge in [0, 0.05) is 45.1 Å². The molecule has 3 heterocycles. The number of hydrogen-bond donors (Lipinski definition) is 1. The first-order valence-electron chi connectivity index (χ1n) is 9.37. The number of benzene rings is 1. The number of ether oxygens (including phenoxy) is 1. The lowest BCUT2D eigenvalue weighted by Gasteiger charge is -2.32. The average molecular weight is 391 g/mol. The van der Waals surface area contributed by atoms with Crippen LogP contribution in [-0.2, 0) is 23.0 Å². The molecule has 1 saturated heterocycles. The zero-order chi connectivity index (χ0) is 18.9. The van der Waals surface area contributed by atoms with E-state index in [-0.39, 0.29) is 10.8 Å². The Morgan fingerprint density at radius 2 is 2.04 bits per heavy atom. The summed E-state index contributed by atoms with van der Waals surface area (Å²) in [5.41, 5.74) is 0. The lowest BCUT2D eigenvalue weighted by molar-refractivity contribution is 0.302. The number of aromatic nitrogens is 3. The minimum atomic E-state index is -3.62. The Labute approximate surface area is 159 Å². The molecule has 1 fully saturated rings. The van der Waals surface area contributed by atoms with Gasteiger partial charge in [-0.3, -0.25) is 0 Å². The Bertz CT molecular complexity index is 911. The summed E-state index contributed by atoms with van der Waals surface area (Å²) in [6.07, 6.45) is 2.58. The van der Waals surface area contributed by atoms with Crippen molar-refractivity contribution in [3.05, 3.63) is 35.9 Å². The van der Waals surface area contributed by atoms with Crippen molar-refractivity contribution < 1.29 is 13.2 Å². The van der Waals surface area contributed by atoms with Crippen molar-refractivity contribution >= 4 is 10.0 Å². The number of fused-ring (bicyclic) bond motifs is 1. The first-order chi connectivity index (χ1) is 13.1. The first kappa shape index (κ1) is 18.4. The van der Waals surface area contributed by atoms with E-state index in [9.17, 15) is 8.42 Å². The highest BCUT2D eigenvalue weighted by Crippen LogP contribution is 2.32. The van der Waals surface area contributed by atoms with Gasteiger partial charge in [-0.25, -0.2) is 8.42 Å². The predicted molar refractivity (Wildman–Crippen MR) is 100 cm³/mol. The molecule has 1 unspecified atom stereocenters. The smallest absolute Gasteiger partial charge is 0.246 e. The SMILES string of the molecule is COc1ccccc1S(=O)(=O)N1CCCC(c2nnc3n2CCNCC3)C1. The lowest BCUT2D eigenvalue weighted by atomic mass is 9.99. The van der Waals surface area contributed by atoms with E-state index in [2.05, 4.69) is 20.1 Å². The Morgan fingerprint density at radius 1 is 1.19 bits per heavy atom. The van der Waals surface area contributed by atoms with E-state index < -0.39 is 10.0 Å². The number of para-hydroxylation sites is 1. The second-order valence-electron chi connectivity index (χ2n) is 6.98. The highest BCUT2D eigenvalue weighted by molar-refractivity contribution is 7.89. The monoisotopic (exact) mass is 391 g/mol. The van der Waals surface area contributed by atoms with Crippen LogP contribution in [0.4, 0.5) is 0 Å². The van der Waals surface area contributed by atoms with Gasteiger partial charge in [0.15, 0.2) is 0 Å². The summed E-state index contributed by atoms with van der Waals surface area (Å²) < 4.78 is 35.4. The van der Waals surface area contributed by atoms with Gasteiger partial charge in [0.2, 0.25) is 10.0 Å². The molecule has 4 rings (SSSR count). The fourth-order valence-electron chi connectivity index (χ4n) is 3.94. The van der Waals surface area contributed by atoms with Crippen molar-refractivity contribution in [3.8, 4) is 5.75 Å². The quantitative estimate of drug-likeness (QED) is 0.836. The summed E-state index contributed by atoms with van der Waals surface area (Å²) in [5, 5.41) is 12.1. The van der Waals surface area contributed by atoms with E-state index in [0.717, 1.165) is 50.5 Å². The molecule has 1 aromatic heterocycles. The standard InChI is InChI=1S/C18H25N5O3S/c1-26-15-6-2-3-7-16(15)27(24,25)22-11-4-5-14(13-22)18-21-20-17-8-9-19-10-12-23(17)18/h2-3,6-7,14,19H,4-5,8-13H2,1H3. The van der Waals surface area contributed by atoms with E-state index in [4.69, 9.17) is 4.74 Å². The number of nitrogens with one attached hydrogen (secondary N) is 1. The normalized spacial score (nSPS) is 21.4. The van der Waals surface area contributed by atoms with Gasteiger partial charge in [0.1, 0.15) is 22.3 Å². The summed E-state index contributed by atoms with van der Waals surface area (Å²) in [5.74, 6) is 2.33. The molecule has 1 atom stereocenters. The zero-order valence-corrected chi connectivity index (χ0v) is 16.3. The van der Waals surface area contributed by atoms with E-state index in [1.807, 2.05) is 0 Å². The van der Waals surface area contributed by atoms with Crippen LogP contribution in [0.3, 0.4) is 0 Å². The van der Waals surface area contributed by atoms with Crippen molar-refractivity contribution in [2.75, 3.05) is 33.3 Å². The fraction of sp³-hybridized carbons (Fsp3) is 0.556. The largest absolute Gasteiger partial charge is 0.495 e. The van der Waals surface area contributed by atoms with E-state index >= 15 is 0 Å². The molecule has 27 heavy (non-hydrogen) atoms. The van der Waals surface area contributed by atoms with Gasteiger partial charge in [-0.2, -0.15) is 4.31 Å². The number of methoxy groups -OCH3 is 1. The minimum absolute atomic E-state index is 0.0579. The Morgan fingerprint density at radius 3 is 2.89 bits per heavy atom. The number of nitrogens with zero attached hydrogens (tertiary/aromatic N) is 4. The maximum absolute atomic E-state index is 13.2. The maximum Gasteiger partial charge on any atom is 0.246 e. The molecule has 8 nitrogen and oxygen atoms in total. The molecular formula is C18H25N5O3S. The molecule has 0 radical (unpaired) electrons. The van der Waals surface area contributed by atoms with Gasteiger partial charge >= 0.3 is 0 Å². The van der Waals surface area contributed by atoms with Crippen molar-refractivity contribution in [1.82, 2.24) is 24.4 Å². The third-order valence-electron chi connectivity index (χ3n) is 5.33. The minimum Gasteiger partial charge on any atom is -0.495 e. The predicted octanol–water partition coefficient (Wildman–Crippen LogP) is 1.00.